The second-order valence-corrected chi connectivity index (χ2v) is 7.44. The molecule has 2 aromatic carbocycles. The Bertz CT molecular complexity index is 969. The van der Waals surface area contributed by atoms with E-state index in [2.05, 4.69) is 22.0 Å². The smallest absolute Gasteiger partial charge is 0.322 e. The van der Waals surface area contributed by atoms with Gasteiger partial charge < -0.3 is 14.8 Å². The van der Waals surface area contributed by atoms with Crippen molar-refractivity contribution in [3.05, 3.63) is 89.0 Å². The summed E-state index contributed by atoms with van der Waals surface area (Å²) in [7, 11) is 0. The minimum Gasteiger partial charge on any atom is -0.345 e. The number of hydrogen-bond acceptors (Lipinski definition) is 1. The number of anilines is 1. The number of benzene rings is 2. The van der Waals surface area contributed by atoms with Crippen LogP contribution in [0.25, 0.3) is 0 Å². The zero-order valence-electron chi connectivity index (χ0n) is 15.3. The van der Waals surface area contributed by atoms with Crippen LogP contribution in [0.4, 0.5) is 14.9 Å². The molecular weight excluding hydrogens is 377 g/mol. The average Bonchev–Trinajstić information content (AvgIpc) is 3.44. The van der Waals surface area contributed by atoms with Crippen molar-refractivity contribution in [2.45, 2.75) is 32.0 Å². The molecule has 0 radical (unpaired) electrons. The lowest BCUT2D eigenvalue weighted by Crippen LogP contribution is -2.36. The van der Waals surface area contributed by atoms with E-state index in [0.717, 1.165) is 25.1 Å². The van der Waals surface area contributed by atoms with Gasteiger partial charge in [-0.25, -0.2) is 9.18 Å². The molecule has 0 saturated heterocycles. The second kappa shape index (κ2) is 8.07. The van der Waals surface area contributed by atoms with E-state index in [1.165, 1.54) is 23.8 Å². The van der Waals surface area contributed by atoms with Gasteiger partial charge in [-0.05, 0) is 48.7 Å². The fraction of sp³-hybridized carbons (Fsp3) is 0.227. The summed E-state index contributed by atoms with van der Waals surface area (Å²) < 4.78 is 15.5. The first-order chi connectivity index (χ1) is 13.6. The maximum absolute atomic E-state index is 13.4. The number of urea groups is 1. The van der Waals surface area contributed by atoms with E-state index in [4.69, 9.17) is 11.6 Å². The summed E-state index contributed by atoms with van der Waals surface area (Å²) in [5.74, 6) is -0.502. The van der Waals surface area contributed by atoms with E-state index in [-0.39, 0.29) is 17.1 Å². The lowest BCUT2D eigenvalue weighted by molar-refractivity contribution is 0.204. The Morgan fingerprint density at radius 1 is 1.14 bits per heavy atom. The van der Waals surface area contributed by atoms with Crippen LogP contribution in [0.5, 0.6) is 0 Å². The number of carbonyl (C=O) groups excluding carboxylic acids is 1. The van der Waals surface area contributed by atoms with Crippen LogP contribution in [0, 0.1) is 5.82 Å². The fourth-order valence-electron chi connectivity index (χ4n) is 3.22. The summed E-state index contributed by atoms with van der Waals surface area (Å²) in [4.78, 5) is 14.7. The molecule has 1 aliphatic carbocycles. The van der Waals surface area contributed by atoms with E-state index in [1.54, 1.807) is 0 Å². The number of nitrogens with one attached hydrogen (secondary N) is 1. The van der Waals surface area contributed by atoms with Crippen molar-refractivity contribution in [2.75, 3.05) is 5.32 Å². The third-order valence-electron chi connectivity index (χ3n) is 4.87. The van der Waals surface area contributed by atoms with Crippen molar-refractivity contribution in [3.63, 3.8) is 0 Å². The molecule has 0 unspecified atom stereocenters. The zero-order chi connectivity index (χ0) is 19.5. The van der Waals surface area contributed by atoms with E-state index in [1.807, 2.05) is 41.4 Å². The molecular formula is C22H21ClFN3O. The standard InChI is InChI=1S/C22H21ClFN3O/c23-20-13-17(8-11-21(20)24)25-22(28)27(18-9-10-18)15-19-7-4-12-26(19)14-16-5-2-1-3-6-16/h1-8,11-13,18H,9-10,14-15H2,(H,25,28). The minimum absolute atomic E-state index is 0.00694. The predicted molar refractivity (Wildman–Crippen MR) is 109 cm³/mol. The fourth-order valence-corrected chi connectivity index (χ4v) is 3.40. The lowest BCUT2D eigenvalue weighted by atomic mass is 10.2. The van der Waals surface area contributed by atoms with Crippen molar-refractivity contribution in [2.24, 2.45) is 0 Å². The Balaban J connectivity index is 1.48. The molecule has 1 N–H and O–H groups in total. The topological polar surface area (TPSA) is 37.3 Å². The Morgan fingerprint density at radius 2 is 1.93 bits per heavy atom. The van der Waals surface area contributed by atoms with Crippen LogP contribution in [0.15, 0.2) is 66.9 Å². The van der Waals surface area contributed by atoms with Gasteiger partial charge in [-0.15, -0.1) is 0 Å². The highest BCUT2D eigenvalue weighted by molar-refractivity contribution is 6.31. The molecule has 144 valence electrons. The van der Waals surface area contributed by atoms with E-state index in [9.17, 15) is 9.18 Å². The molecule has 3 aromatic rings. The molecule has 4 rings (SSSR count). The van der Waals surface area contributed by atoms with Gasteiger partial charge in [0, 0.05) is 30.2 Å². The first-order valence-electron chi connectivity index (χ1n) is 9.31. The SMILES string of the molecule is O=C(Nc1ccc(F)c(Cl)c1)N(Cc1cccn1Cc1ccccc1)C1CC1. The van der Waals surface area contributed by atoms with Gasteiger partial charge in [0.2, 0.25) is 0 Å². The van der Waals surface area contributed by atoms with Crippen molar-refractivity contribution >= 4 is 23.3 Å². The molecule has 0 aliphatic heterocycles. The highest BCUT2D eigenvalue weighted by Crippen LogP contribution is 2.29. The largest absolute Gasteiger partial charge is 0.345 e. The third-order valence-corrected chi connectivity index (χ3v) is 5.16. The van der Waals surface area contributed by atoms with E-state index in [0.29, 0.717) is 12.2 Å². The highest BCUT2D eigenvalue weighted by atomic mass is 35.5. The molecule has 6 heteroatoms. The van der Waals surface area contributed by atoms with Gasteiger partial charge in [0.25, 0.3) is 0 Å². The normalized spacial score (nSPS) is 13.4. The summed E-state index contributed by atoms with van der Waals surface area (Å²) in [6.45, 7) is 1.28. The number of aromatic nitrogens is 1. The van der Waals surface area contributed by atoms with Gasteiger partial charge >= 0.3 is 6.03 Å². The van der Waals surface area contributed by atoms with Crippen molar-refractivity contribution in [1.29, 1.82) is 0 Å². The van der Waals surface area contributed by atoms with Crippen LogP contribution < -0.4 is 5.32 Å². The number of halogens is 2. The van der Waals surface area contributed by atoms with E-state index < -0.39 is 5.82 Å². The Hall–Kier alpha value is -2.79. The van der Waals surface area contributed by atoms with Gasteiger partial charge in [0.05, 0.1) is 11.6 Å². The lowest BCUT2D eigenvalue weighted by Gasteiger charge is -2.24. The van der Waals surface area contributed by atoms with Gasteiger partial charge in [-0.3, -0.25) is 0 Å². The molecule has 28 heavy (non-hydrogen) atoms. The van der Waals surface area contributed by atoms with Crippen molar-refractivity contribution in [3.8, 4) is 0 Å². The van der Waals surface area contributed by atoms with Crippen LogP contribution in [-0.2, 0) is 13.1 Å². The number of hydrogen-bond donors (Lipinski definition) is 1. The van der Waals surface area contributed by atoms with Crippen LogP contribution in [0.3, 0.4) is 0 Å². The molecule has 1 saturated carbocycles. The molecule has 4 nitrogen and oxygen atoms in total. The van der Waals surface area contributed by atoms with Gasteiger partial charge in [0.1, 0.15) is 5.82 Å². The van der Waals surface area contributed by atoms with E-state index >= 15 is 0 Å². The van der Waals surface area contributed by atoms with Crippen LogP contribution >= 0.6 is 11.6 Å². The van der Waals surface area contributed by atoms with Crippen molar-refractivity contribution in [1.82, 2.24) is 9.47 Å². The number of carbonyl (C=O) groups is 1. The molecule has 1 aliphatic rings. The molecule has 0 spiro atoms. The number of rotatable bonds is 6. The molecule has 1 fully saturated rings. The average molecular weight is 398 g/mol. The monoisotopic (exact) mass is 397 g/mol. The minimum atomic E-state index is -0.502. The van der Waals surface area contributed by atoms with Crippen LogP contribution in [0.2, 0.25) is 5.02 Å². The van der Waals surface area contributed by atoms with Crippen LogP contribution in [-0.4, -0.2) is 21.5 Å². The number of amides is 2. The Morgan fingerprint density at radius 3 is 2.64 bits per heavy atom. The molecule has 0 atom stereocenters. The summed E-state index contributed by atoms with van der Waals surface area (Å²) in [6, 6.07) is 18.5. The van der Waals surface area contributed by atoms with Crippen LogP contribution in [0.1, 0.15) is 24.1 Å². The van der Waals surface area contributed by atoms with Gasteiger partial charge in [-0.2, -0.15) is 0 Å². The number of nitrogens with zero attached hydrogens (tertiary/aromatic N) is 2. The predicted octanol–water partition coefficient (Wildman–Crippen LogP) is 5.53. The third kappa shape index (κ3) is 4.37. The highest BCUT2D eigenvalue weighted by Gasteiger charge is 2.33. The summed E-state index contributed by atoms with van der Waals surface area (Å²) in [6.07, 6.45) is 4.03. The van der Waals surface area contributed by atoms with Gasteiger partial charge in [0.15, 0.2) is 0 Å². The summed E-state index contributed by atoms with van der Waals surface area (Å²) in [5, 5.41) is 2.83. The first kappa shape index (κ1) is 18.6. The molecule has 2 amide bonds. The second-order valence-electron chi connectivity index (χ2n) is 7.03. The van der Waals surface area contributed by atoms with Gasteiger partial charge in [-0.1, -0.05) is 41.9 Å². The first-order valence-corrected chi connectivity index (χ1v) is 9.68. The zero-order valence-corrected chi connectivity index (χ0v) is 16.1. The maximum Gasteiger partial charge on any atom is 0.322 e. The maximum atomic E-state index is 13.4. The molecule has 1 heterocycles. The Labute approximate surface area is 168 Å². The molecule has 0 bridgehead atoms. The summed E-state index contributed by atoms with van der Waals surface area (Å²) >= 11 is 5.82. The quantitative estimate of drug-likeness (QED) is 0.583. The summed E-state index contributed by atoms with van der Waals surface area (Å²) in [5.41, 5.74) is 2.77. The Kier molecular flexibility index (Phi) is 5.35. The molecule has 1 aromatic heterocycles. The van der Waals surface area contributed by atoms with Crippen molar-refractivity contribution < 1.29 is 9.18 Å².